The number of hydrogen-bond acceptors (Lipinski definition) is 1. The first kappa shape index (κ1) is 8.29. The molecule has 2 rings (SSSR count). The van der Waals surface area contributed by atoms with Crippen molar-refractivity contribution in [2.45, 2.75) is 13.0 Å². The maximum Gasteiger partial charge on any atom is 0.202 e. The molecule has 13 heavy (non-hydrogen) atoms. The fourth-order valence-corrected chi connectivity index (χ4v) is 1.24. The van der Waals surface area contributed by atoms with Crippen molar-refractivity contribution in [2.24, 2.45) is 0 Å². The third-order valence-electron chi connectivity index (χ3n) is 1.86. The largest absolute Gasteiger partial charge is 0.486 e. The minimum absolute atomic E-state index is 0.00244. The molecule has 1 unspecified atom stereocenters. The van der Waals surface area contributed by atoms with Crippen LogP contribution in [0.3, 0.4) is 0 Å². The van der Waals surface area contributed by atoms with E-state index in [1.54, 1.807) is 0 Å². The van der Waals surface area contributed by atoms with Crippen LogP contribution in [0.4, 0.5) is 14.5 Å². The Labute approximate surface area is 74.5 Å². The summed E-state index contributed by atoms with van der Waals surface area (Å²) in [4.78, 5) is 0. The second-order valence-electron chi connectivity index (χ2n) is 3.00. The molecule has 69 valence electrons. The van der Waals surface area contributed by atoms with E-state index in [9.17, 15) is 8.78 Å². The Morgan fingerprint density at radius 1 is 1.46 bits per heavy atom. The smallest absolute Gasteiger partial charge is 0.202 e. The zero-order valence-electron chi connectivity index (χ0n) is 7.05. The quantitative estimate of drug-likeness (QED) is 0.604. The summed E-state index contributed by atoms with van der Waals surface area (Å²) in [6, 6.07) is 2.47. The molecule has 1 aliphatic rings. The summed E-state index contributed by atoms with van der Waals surface area (Å²) in [5.41, 5.74) is 0.387. The molecule has 0 aromatic heterocycles. The highest BCUT2D eigenvalue weighted by Gasteiger charge is 2.22. The fraction of sp³-hybridized carbons (Fsp3) is 0.333. The lowest BCUT2D eigenvalue weighted by Crippen LogP contribution is -2.28. The Bertz CT molecular complexity index is 341. The molecule has 0 spiro atoms. The van der Waals surface area contributed by atoms with Gasteiger partial charge in [-0.15, -0.1) is 0 Å². The van der Waals surface area contributed by atoms with Crippen molar-refractivity contribution in [3.8, 4) is 5.75 Å². The van der Waals surface area contributed by atoms with E-state index in [1.165, 1.54) is 6.07 Å². The van der Waals surface area contributed by atoms with Gasteiger partial charge in [-0.25, -0.2) is 4.39 Å². The van der Waals surface area contributed by atoms with Gasteiger partial charge in [0.15, 0.2) is 11.6 Å². The highest BCUT2D eigenvalue weighted by Crippen LogP contribution is 2.32. The van der Waals surface area contributed by atoms with Gasteiger partial charge in [-0.05, 0) is 19.1 Å². The fourth-order valence-electron chi connectivity index (χ4n) is 1.24. The maximum atomic E-state index is 13.1. The Kier molecular flexibility index (Phi) is 1.83. The lowest BCUT2D eigenvalue weighted by atomic mass is 10.2. The molecule has 1 aromatic rings. The first-order valence-corrected chi connectivity index (χ1v) is 4.00. The van der Waals surface area contributed by atoms with Gasteiger partial charge < -0.3 is 4.74 Å². The SMILES string of the molecule is CC1COc2c(ccc(F)c2F)[N]1. The molecule has 1 radical (unpaired) electrons. The van der Waals surface area contributed by atoms with Crippen LogP contribution in [0.15, 0.2) is 12.1 Å². The maximum absolute atomic E-state index is 13.1. The first-order valence-electron chi connectivity index (χ1n) is 4.00. The third kappa shape index (κ3) is 1.32. The van der Waals surface area contributed by atoms with E-state index in [0.717, 1.165) is 6.07 Å². The van der Waals surface area contributed by atoms with Crippen LogP contribution in [0, 0.1) is 11.6 Å². The predicted octanol–water partition coefficient (Wildman–Crippen LogP) is 1.98. The molecule has 0 aliphatic carbocycles. The number of nitrogens with zero attached hydrogens (tertiary/aromatic N) is 1. The minimum atomic E-state index is -0.951. The van der Waals surface area contributed by atoms with Crippen LogP contribution in [-0.2, 0) is 0 Å². The van der Waals surface area contributed by atoms with E-state index in [0.29, 0.717) is 12.3 Å². The molecule has 0 bridgehead atoms. The van der Waals surface area contributed by atoms with E-state index in [-0.39, 0.29) is 11.8 Å². The van der Waals surface area contributed by atoms with Gasteiger partial charge in [0, 0.05) is 0 Å². The van der Waals surface area contributed by atoms with Crippen LogP contribution in [0.25, 0.3) is 0 Å². The van der Waals surface area contributed by atoms with Gasteiger partial charge in [-0.2, -0.15) is 4.39 Å². The summed E-state index contributed by atoms with van der Waals surface area (Å²) in [6.45, 7) is 2.15. The van der Waals surface area contributed by atoms with E-state index in [2.05, 4.69) is 5.32 Å². The van der Waals surface area contributed by atoms with Crippen molar-refractivity contribution in [1.82, 2.24) is 5.32 Å². The molecule has 2 nitrogen and oxygen atoms in total. The predicted molar refractivity (Wildman–Crippen MR) is 43.1 cm³/mol. The van der Waals surface area contributed by atoms with Crippen LogP contribution in [-0.4, -0.2) is 12.6 Å². The molecule has 0 fully saturated rings. The highest BCUT2D eigenvalue weighted by atomic mass is 19.2. The summed E-state index contributed by atoms with van der Waals surface area (Å²) < 4.78 is 30.8. The van der Waals surface area contributed by atoms with Crippen LogP contribution in [0.2, 0.25) is 0 Å². The van der Waals surface area contributed by atoms with Gasteiger partial charge >= 0.3 is 0 Å². The molecule has 1 aromatic carbocycles. The van der Waals surface area contributed by atoms with Gasteiger partial charge in [0.2, 0.25) is 5.82 Å². The molecule has 1 aliphatic heterocycles. The van der Waals surface area contributed by atoms with E-state index >= 15 is 0 Å². The number of ether oxygens (including phenoxy) is 1. The number of benzene rings is 1. The van der Waals surface area contributed by atoms with Crippen LogP contribution in [0.1, 0.15) is 6.92 Å². The molecule has 4 heteroatoms. The van der Waals surface area contributed by atoms with Gasteiger partial charge in [0.05, 0.1) is 6.04 Å². The van der Waals surface area contributed by atoms with Crippen molar-refractivity contribution in [1.29, 1.82) is 0 Å². The standard InChI is InChI=1S/C9H8F2NO/c1-5-4-13-9-7(12-5)3-2-6(10)8(9)11/h2-3,5H,4H2,1H3. The molecule has 1 atom stereocenters. The number of hydrogen-bond donors (Lipinski definition) is 0. The average Bonchev–Trinajstić information content (AvgIpc) is 2.12. The number of fused-ring (bicyclic) bond motifs is 1. The summed E-state index contributed by atoms with van der Waals surface area (Å²) in [5.74, 6) is -1.92. The molecule has 0 saturated heterocycles. The van der Waals surface area contributed by atoms with Gasteiger partial charge in [0.25, 0.3) is 0 Å². The van der Waals surface area contributed by atoms with Crippen molar-refractivity contribution in [3.63, 3.8) is 0 Å². The van der Waals surface area contributed by atoms with Gasteiger partial charge in [-0.3, -0.25) is 5.32 Å². The number of halogens is 2. The Morgan fingerprint density at radius 2 is 2.23 bits per heavy atom. The lowest BCUT2D eigenvalue weighted by Gasteiger charge is -2.22. The van der Waals surface area contributed by atoms with E-state index in [1.807, 2.05) is 6.92 Å². The Hall–Kier alpha value is -1.32. The van der Waals surface area contributed by atoms with Crippen molar-refractivity contribution in [3.05, 3.63) is 23.8 Å². The molecule has 0 amide bonds. The van der Waals surface area contributed by atoms with Gasteiger partial charge in [0.1, 0.15) is 12.3 Å². The molecular formula is C9H8F2NO. The zero-order chi connectivity index (χ0) is 9.42. The highest BCUT2D eigenvalue weighted by molar-refractivity contribution is 5.53. The van der Waals surface area contributed by atoms with Crippen LogP contribution >= 0.6 is 0 Å². The van der Waals surface area contributed by atoms with E-state index < -0.39 is 11.6 Å². The molecular weight excluding hydrogens is 176 g/mol. The summed E-state index contributed by atoms with van der Waals surface area (Å²) in [7, 11) is 0. The minimum Gasteiger partial charge on any atom is -0.486 e. The van der Waals surface area contributed by atoms with Crippen molar-refractivity contribution in [2.75, 3.05) is 6.61 Å². The van der Waals surface area contributed by atoms with E-state index in [4.69, 9.17) is 4.74 Å². The average molecular weight is 184 g/mol. The molecule has 0 saturated carbocycles. The monoisotopic (exact) mass is 184 g/mol. The first-order chi connectivity index (χ1) is 6.18. The Morgan fingerprint density at radius 3 is 3.00 bits per heavy atom. The van der Waals surface area contributed by atoms with Gasteiger partial charge in [-0.1, -0.05) is 0 Å². The van der Waals surface area contributed by atoms with Crippen LogP contribution in [0.5, 0.6) is 5.75 Å². The second kappa shape index (κ2) is 2.87. The zero-order valence-corrected chi connectivity index (χ0v) is 7.05. The summed E-state index contributed by atoms with van der Waals surface area (Å²) >= 11 is 0. The topological polar surface area (TPSA) is 23.3 Å². The summed E-state index contributed by atoms with van der Waals surface area (Å²) in [5, 5.41) is 4.12. The molecule has 0 N–H and O–H groups in total. The number of rotatable bonds is 0. The van der Waals surface area contributed by atoms with Crippen molar-refractivity contribution < 1.29 is 13.5 Å². The third-order valence-corrected chi connectivity index (χ3v) is 1.86. The summed E-state index contributed by atoms with van der Waals surface area (Å²) in [6.07, 6.45) is 0. The normalized spacial score (nSPS) is 20.1. The second-order valence-corrected chi connectivity index (χ2v) is 3.00. The molecule has 1 heterocycles. The van der Waals surface area contributed by atoms with Crippen LogP contribution < -0.4 is 10.1 Å². The Balaban J connectivity index is 2.47. The van der Waals surface area contributed by atoms with Crippen molar-refractivity contribution >= 4 is 5.69 Å². The lowest BCUT2D eigenvalue weighted by molar-refractivity contribution is 0.245.